The average Bonchev–Trinajstić information content (AvgIpc) is 3.42. The fraction of sp³-hybridized carbons (Fsp3) is 0. The second kappa shape index (κ2) is 10.1. The van der Waals surface area contributed by atoms with Gasteiger partial charge in [-0.25, -0.2) is 4.98 Å². The first-order valence-corrected chi connectivity index (χ1v) is 14.2. The predicted octanol–water partition coefficient (Wildman–Crippen LogP) is 9.60. The van der Waals surface area contributed by atoms with Crippen LogP contribution in [0.2, 0.25) is 0 Å². The van der Waals surface area contributed by atoms with Crippen molar-refractivity contribution in [3.05, 3.63) is 151 Å². The van der Waals surface area contributed by atoms with Crippen LogP contribution < -0.4 is 0 Å². The summed E-state index contributed by atoms with van der Waals surface area (Å²) in [4.78, 5) is 9.35. The lowest BCUT2D eigenvalue weighted by Gasteiger charge is -2.12. The molecule has 0 saturated heterocycles. The molecule has 5 aromatic carbocycles. The Bertz CT molecular complexity index is 2350. The Labute approximate surface area is 248 Å². The van der Waals surface area contributed by atoms with E-state index in [0.717, 1.165) is 44.6 Å². The van der Waals surface area contributed by atoms with E-state index in [1.165, 1.54) is 27.3 Å². The molecule has 0 spiro atoms. The first-order valence-electron chi connectivity index (χ1n) is 14.2. The van der Waals surface area contributed by atoms with E-state index in [4.69, 9.17) is 4.98 Å². The van der Waals surface area contributed by atoms with Crippen LogP contribution in [0, 0.1) is 11.3 Å². The quantitative estimate of drug-likeness (QED) is 0.220. The summed E-state index contributed by atoms with van der Waals surface area (Å²) < 4.78 is 2.37. The number of aromatic nitrogens is 3. The lowest BCUT2D eigenvalue weighted by Crippen LogP contribution is -1.95. The zero-order valence-corrected chi connectivity index (χ0v) is 23.1. The van der Waals surface area contributed by atoms with Gasteiger partial charge in [-0.3, -0.25) is 4.98 Å². The lowest BCUT2D eigenvalue weighted by molar-refractivity contribution is 1.18. The second-order valence-corrected chi connectivity index (χ2v) is 10.6. The molecule has 3 heterocycles. The summed E-state index contributed by atoms with van der Waals surface area (Å²) in [6, 6.07) is 48.8. The van der Waals surface area contributed by atoms with Crippen LogP contribution in [0.3, 0.4) is 0 Å². The van der Waals surface area contributed by atoms with E-state index in [1.54, 1.807) is 12.4 Å². The SMILES string of the molecule is N#Cc1cncc(-c2cccc(-c3cc4c(c5ccccc35)c3ccc(-c5ccccc5)cc3n4-c3ccccc3)n2)c1. The van der Waals surface area contributed by atoms with Gasteiger partial charge in [0.25, 0.3) is 0 Å². The lowest BCUT2D eigenvalue weighted by atomic mass is 9.96. The van der Waals surface area contributed by atoms with Crippen molar-refractivity contribution in [3.63, 3.8) is 0 Å². The number of benzene rings is 5. The fourth-order valence-electron chi connectivity index (χ4n) is 6.14. The maximum atomic E-state index is 9.41. The summed E-state index contributed by atoms with van der Waals surface area (Å²) in [7, 11) is 0. The Morgan fingerprint density at radius 3 is 2.09 bits per heavy atom. The van der Waals surface area contributed by atoms with Crippen molar-refractivity contribution in [1.29, 1.82) is 5.26 Å². The van der Waals surface area contributed by atoms with E-state index in [9.17, 15) is 5.26 Å². The smallest absolute Gasteiger partial charge is 0.101 e. The maximum Gasteiger partial charge on any atom is 0.101 e. The summed E-state index contributed by atoms with van der Waals surface area (Å²) in [5, 5.41) is 14.2. The Hall–Kier alpha value is -6.05. The highest BCUT2D eigenvalue weighted by Crippen LogP contribution is 2.42. The minimum absolute atomic E-state index is 0.513. The highest BCUT2D eigenvalue weighted by atomic mass is 15.0. The molecule has 0 saturated carbocycles. The number of para-hydroxylation sites is 1. The molecule has 3 aromatic heterocycles. The van der Waals surface area contributed by atoms with Crippen LogP contribution in [0.25, 0.3) is 71.9 Å². The largest absolute Gasteiger partial charge is 0.309 e. The molecule has 0 aliphatic carbocycles. The molecule has 0 atom stereocenters. The van der Waals surface area contributed by atoms with Gasteiger partial charge in [0, 0.05) is 40.0 Å². The molecule has 8 aromatic rings. The number of rotatable bonds is 4. The van der Waals surface area contributed by atoms with Crippen LogP contribution in [-0.4, -0.2) is 14.5 Å². The number of hydrogen-bond acceptors (Lipinski definition) is 3. The molecule has 8 rings (SSSR count). The summed E-state index contributed by atoms with van der Waals surface area (Å²) in [5.74, 6) is 0. The third-order valence-electron chi connectivity index (χ3n) is 8.08. The molecular formula is C39H24N4. The van der Waals surface area contributed by atoms with E-state index in [0.29, 0.717) is 5.56 Å². The normalized spacial score (nSPS) is 11.2. The number of nitrogens with zero attached hydrogens (tertiary/aromatic N) is 4. The Morgan fingerprint density at radius 2 is 1.28 bits per heavy atom. The van der Waals surface area contributed by atoms with E-state index < -0.39 is 0 Å². The average molecular weight is 549 g/mol. The van der Waals surface area contributed by atoms with Gasteiger partial charge in [-0.1, -0.05) is 91.0 Å². The van der Waals surface area contributed by atoms with Gasteiger partial charge in [0.05, 0.1) is 28.0 Å². The van der Waals surface area contributed by atoms with Crippen LogP contribution in [0.15, 0.2) is 146 Å². The number of pyridine rings is 2. The summed E-state index contributed by atoms with van der Waals surface area (Å²) >= 11 is 0. The van der Waals surface area contributed by atoms with Gasteiger partial charge in [0.1, 0.15) is 6.07 Å². The molecule has 0 amide bonds. The summed E-state index contributed by atoms with van der Waals surface area (Å²) in [6.45, 7) is 0. The minimum Gasteiger partial charge on any atom is -0.309 e. The van der Waals surface area contributed by atoms with Crippen molar-refractivity contribution >= 4 is 32.6 Å². The number of hydrogen-bond donors (Lipinski definition) is 0. The molecule has 0 radical (unpaired) electrons. The van der Waals surface area contributed by atoms with Crippen molar-refractivity contribution in [2.45, 2.75) is 0 Å². The molecule has 0 unspecified atom stereocenters. The number of nitriles is 1. The van der Waals surface area contributed by atoms with Crippen LogP contribution in [-0.2, 0) is 0 Å². The third kappa shape index (κ3) is 4.15. The van der Waals surface area contributed by atoms with E-state index >= 15 is 0 Å². The summed E-state index contributed by atoms with van der Waals surface area (Å²) in [5.41, 5.74) is 9.79. The molecule has 0 aliphatic rings. The van der Waals surface area contributed by atoms with Crippen LogP contribution >= 0.6 is 0 Å². The van der Waals surface area contributed by atoms with Gasteiger partial charge in [-0.2, -0.15) is 5.26 Å². The maximum absolute atomic E-state index is 9.41. The Kier molecular flexibility index (Phi) is 5.80. The summed E-state index contributed by atoms with van der Waals surface area (Å²) in [6.07, 6.45) is 3.33. The standard InChI is InChI=1S/C39H24N4/c40-23-26-20-29(25-41-24-26)35-16-9-17-36(42-35)34-22-38-39(32-15-8-7-14-31(32)34)33-19-18-28(27-10-3-1-4-11-27)21-37(33)43(38)30-12-5-2-6-13-30/h1-22,24-25H. The Morgan fingerprint density at radius 1 is 0.535 bits per heavy atom. The van der Waals surface area contributed by atoms with Crippen molar-refractivity contribution in [3.8, 4) is 45.4 Å². The zero-order chi connectivity index (χ0) is 28.8. The topological polar surface area (TPSA) is 54.5 Å². The van der Waals surface area contributed by atoms with Gasteiger partial charge < -0.3 is 4.57 Å². The molecule has 4 nitrogen and oxygen atoms in total. The molecular weight excluding hydrogens is 524 g/mol. The van der Waals surface area contributed by atoms with Crippen molar-refractivity contribution in [2.24, 2.45) is 0 Å². The monoisotopic (exact) mass is 548 g/mol. The van der Waals surface area contributed by atoms with Crippen LogP contribution in [0.4, 0.5) is 0 Å². The van der Waals surface area contributed by atoms with E-state index in [1.807, 2.05) is 18.2 Å². The second-order valence-electron chi connectivity index (χ2n) is 10.6. The first-order chi connectivity index (χ1) is 21.3. The molecule has 0 fully saturated rings. The van der Waals surface area contributed by atoms with Gasteiger partial charge in [0.15, 0.2) is 0 Å². The molecule has 43 heavy (non-hydrogen) atoms. The van der Waals surface area contributed by atoms with Crippen molar-refractivity contribution in [1.82, 2.24) is 14.5 Å². The molecule has 0 N–H and O–H groups in total. The van der Waals surface area contributed by atoms with E-state index in [-0.39, 0.29) is 0 Å². The predicted molar refractivity (Wildman–Crippen MR) is 175 cm³/mol. The number of fused-ring (bicyclic) bond motifs is 5. The first kappa shape index (κ1) is 24.7. The molecule has 4 heteroatoms. The van der Waals surface area contributed by atoms with Crippen molar-refractivity contribution < 1.29 is 0 Å². The molecule has 200 valence electrons. The Balaban J connectivity index is 1.45. The van der Waals surface area contributed by atoms with E-state index in [2.05, 4.69) is 131 Å². The molecule has 0 aliphatic heterocycles. The van der Waals surface area contributed by atoms with Gasteiger partial charge >= 0.3 is 0 Å². The van der Waals surface area contributed by atoms with Crippen LogP contribution in [0.1, 0.15) is 5.56 Å². The zero-order valence-electron chi connectivity index (χ0n) is 23.1. The van der Waals surface area contributed by atoms with Gasteiger partial charge in [-0.15, -0.1) is 0 Å². The highest BCUT2D eigenvalue weighted by Gasteiger charge is 2.19. The third-order valence-corrected chi connectivity index (χ3v) is 8.08. The molecule has 0 bridgehead atoms. The van der Waals surface area contributed by atoms with Crippen molar-refractivity contribution in [2.75, 3.05) is 0 Å². The fourth-order valence-corrected chi connectivity index (χ4v) is 6.14. The van der Waals surface area contributed by atoms with Gasteiger partial charge in [0.2, 0.25) is 0 Å². The highest BCUT2D eigenvalue weighted by molar-refractivity contribution is 6.24. The van der Waals surface area contributed by atoms with Gasteiger partial charge in [-0.05, 0) is 64.4 Å². The van der Waals surface area contributed by atoms with Crippen LogP contribution in [0.5, 0.6) is 0 Å². The minimum atomic E-state index is 0.513.